The highest BCUT2D eigenvalue weighted by Crippen LogP contribution is 2.34. The number of carbonyl (C=O) groups is 1. The Morgan fingerprint density at radius 3 is 2.47 bits per heavy atom. The molecule has 0 aliphatic heterocycles. The fourth-order valence-electron chi connectivity index (χ4n) is 1.74. The summed E-state index contributed by atoms with van der Waals surface area (Å²) in [5.74, 6) is -5.18. The second kappa shape index (κ2) is 4.13. The predicted molar refractivity (Wildman–Crippen MR) is 59.9 cm³/mol. The fourth-order valence-corrected chi connectivity index (χ4v) is 1.74. The number of carbonyl (C=O) groups excluding carboxylic acids is 1. The maximum absolute atomic E-state index is 13.8. The number of benzene rings is 2. The van der Waals surface area contributed by atoms with Gasteiger partial charge in [-0.3, -0.25) is 0 Å². The van der Waals surface area contributed by atoms with E-state index in [0.29, 0.717) is 10.8 Å². The van der Waals surface area contributed by atoms with Crippen molar-refractivity contribution in [3.05, 3.63) is 48.0 Å². The minimum absolute atomic E-state index is 0.331. The van der Waals surface area contributed by atoms with Crippen molar-refractivity contribution in [2.75, 3.05) is 7.11 Å². The molecular weight excluding hydrogens is 226 g/mol. The Bertz CT molecular complexity index is 559. The van der Waals surface area contributed by atoms with E-state index < -0.39 is 11.9 Å². The zero-order valence-electron chi connectivity index (χ0n) is 9.11. The number of fused-ring (bicyclic) bond motifs is 1. The van der Waals surface area contributed by atoms with Crippen LogP contribution in [0.3, 0.4) is 0 Å². The number of ether oxygens (including phenoxy) is 1. The average Bonchev–Trinajstić information content (AvgIpc) is 2.37. The average molecular weight is 236 g/mol. The molecule has 0 atom stereocenters. The van der Waals surface area contributed by atoms with Gasteiger partial charge in [0.25, 0.3) is 0 Å². The Balaban J connectivity index is 2.67. The summed E-state index contributed by atoms with van der Waals surface area (Å²) in [4.78, 5) is 11.1. The van der Waals surface area contributed by atoms with E-state index >= 15 is 0 Å². The molecule has 17 heavy (non-hydrogen) atoms. The van der Waals surface area contributed by atoms with Gasteiger partial charge in [-0.2, -0.15) is 8.78 Å². The van der Waals surface area contributed by atoms with Crippen molar-refractivity contribution in [3.8, 4) is 0 Å². The molecule has 0 aliphatic carbocycles. The molecule has 0 N–H and O–H groups in total. The lowest BCUT2D eigenvalue weighted by Crippen LogP contribution is -2.27. The first-order valence-electron chi connectivity index (χ1n) is 5.02. The van der Waals surface area contributed by atoms with E-state index in [-0.39, 0.29) is 5.56 Å². The molecule has 0 amide bonds. The summed E-state index contributed by atoms with van der Waals surface area (Å²) >= 11 is 0. The van der Waals surface area contributed by atoms with Gasteiger partial charge in [-0.05, 0) is 10.8 Å². The maximum Gasteiger partial charge on any atom is 0.381 e. The lowest BCUT2D eigenvalue weighted by molar-refractivity contribution is -0.170. The van der Waals surface area contributed by atoms with Gasteiger partial charge in [0, 0.05) is 5.56 Å². The molecule has 2 nitrogen and oxygen atoms in total. The van der Waals surface area contributed by atoms with Crippen LogP contribution in [-0.2, 0) is 15.5 Å². The highest BCUT2D eigenvalue weighted by atomic mass is 19.3. The third-order valence-corrected chi connectivity index (χ3v) is 2.57. The Kier molecular flexibility index (Phi) is 2.79. The normalized spacial score (nSPS) is 11.5. The summed E-state index contributed by atoms with van der Waals surface area (Å²) in [6.07, 6.45) is 0. The molecule has 2 aromatic rings. The number of alkyl halides is 2. The fraction of sp³-hybridized carbons (Fsp3) is 0.154. The summed E-state index contributed by atoms with van der Waals surface area (Å²) < 4.78 is 31.7. The van der Waals surface area contributed by atoms with Crippen LogP contribution in [0.2, 0.25) is 0 Å². The lowest BCUT2D eigenvalue weighted by atomic mass is 10.00. The van der Waals surface area contributed by atoms with Gasteiger partial charge in [0.15, 0.2) is 0 Å². The topological polar surface area (TPSA) is 26.3 Å². The monoisotopic (exact) mass is 236 g/mol. The first-order valence-corrected chi connectivity index (χ1v) is 5.02. The second-order valence-electron chi connectivity index (χ2n) is 3.59. The highest BCUT2D eigenvalue weighted by Gasteiger charge is 2.43. The molecule has 0 aromatic heterocycles. The van der Waals surface area contributed by atoms with Crippen molar-refractivity contribution >= 4 is 16.7 Å². The molecule has 0 spiro atoms. The molecule has 0 radical (unpaired) electrons. The predicted octanol–water partition coefficient (Wildman–Crippen LogP) is 3.10. The zero-order chi connectivity index (χ0) is 12.5. The SMILES string of the molecule is COC(=O)C(F)(F)c1cccc2ccccc12. The van der Waals surface area contributed by atoms with Crippen LogP contribution in [0.1, 0.15) is 5.56 Å². The molecule has 0 fully saturated rings. The summed E-state index contributed by atoms with van der Waals surface area (Å²) in [7, 11) is 0.946. The van der Waals surface area contributed by atoms with Gasteiger partial charge < -0.3 is 4.74 Å². The quantitative estimate of drug-likeness (QED) is 0.749. The first kappa shape index (κ1) is 11.5. The molecule has 2 aromatic carbocycles. The number of hydrogen-bond acceptors (Lipinski definition) is 2. The van der Waals surface area contributed by atoms with Gasteiger partial charge in [0.1, 0.15) is 0 Å². The summed E-state index contributed by atoms with van der Waals surface area (Å²) in [5, 5.41) is 1.01. The van der Waals surface area contributed by atoms with Crippen molar-refractivity contribution in [2.45, 2.75) is 5.92 Å². The van der Waals surface area contributed by atoms with Crippen LogP contribution in [0, 0.1) is 0 Å². The van der Waals surface area contributed by atoms with E-state index in [4.69, 9.17) is 0 Å². The molecule has 0 bridgehead atoms. The standard InChI is InChI=1S/C13H10F2O2/c1-17-12(16)13(14,15)11-8-4-6-9-5-2-3-7-10(9)11/h2-8H,1H3. The molecule has 0 saturated carbocycles. The third-order valence-electron chi connectivity index (χ3n) is 2.57. The van der Waals surface area contributed by atoms with Crippen molar-refractivity contribution in [3.63, 3.8) is 0 Å². The van der Waals surface area contributed by atoms with Crippen molar-refractivity contribution < 1.29 is 18.3 Å². The molecule has 0 unspecified atom stereocenters. The Morgan fingerprint density at radius 2 is 1.76 bits per heavy atom. The van der Waals surface area contributed by atoms with Gasteiger partial charge in [0.2, 0.25) is 0 Å². The summed E-state index contributed by atoms with van der Waals surface area (Å²) in [6, 6.07) is 11.1. The number of esters is 1. The van der Waals surface area contributed by atoms with Crippen molar-refractivity contribution in [2.24, 2.45) is 0 Å². The number of halogens is 2. The second-order valence-corrected chi connectivity index (χ2v) is 3.59. The number of hydrogen-bond donors (Lipinski definition) is 0. The van der Waals surface area contributed by atoms with Crippen LogP contribution in [0.5, 0.6) is 0 Å². The van der Waals surface area contributed by atoms with Crippen molar-refractivity contribution in [1.29, 1.82) is 0 Å². The summed E-state index contributed by atoms with van der Waals surface area (Å²) in [6.45, 7) is 0. The Labute approximate surface area is 96.8 Å². The number of rotatable bonds is 2. The molecule has 0 aliphatic rings. The third kappa shape index (κ3) is 1.86. The number of methoxy groups -OCH3 is 1. The highest BCUT2D eigenvalue weighted by molar-refractivity contribution is 5.91. The summed E-state index contributed by atoms with van der Waals surface area (Å²) in [5.41, 5.74) is -0.331. The van der Waals surface area contributed by atoms with Gasteiger partial charge in [-0.25, -0.2) is 4.79 Å². The van der Waals surface area contributed by atoms with Crippen LogP contribution in [-0.4, -0.2) is 13.1 Å². The molecule has 2 rings (SSSR count). The van der Waals surface area contributed by atoms with E-state index in [9.17, 15) is 13.6 Å². The molecular formula is C13H10F2O2. The van der Waals surface area contributed by atoms with E-state index in [1.165, 1.54) is 12.1 Å². The zero-order valence-corrected chi connectivity index (χ0v) is 9.11. The van der Waals surface area contributed by atoms with Crippen LogP contribution in [0.25, 0.3) is 10.8 Å². The van der Waals surface area contributed by atoms with Gasteiger partial charge in [-0.15, -0.1) is 0 Å². The van der Waals surface area contributed by atoms with Crippen LogP contribution in [0.4, 0.5) is 8.78 Å². The minimum atomic E-state index is -3.63. The van der Waals surface area contributed by atoms with Gasteiger partial charge >= 0.3 is 11.9 Å². The largest absolute Gasteiger partial charge is 0.464 e. The Hall–Kier alpha value is -1.97. The smallest absolute Gasteiger partial charge is 0.381 e. The van der Waals surface area contributed by atoms with E-state index in [1.807, 2.05) is 0 Å². The van der Waals surface area contributed by atoms with Crippen LogP contribution in [0.15, 0.2) is 42.5 Å². The minimum Gasteiger partial charge on any atom is -0.464 e. The molecule has 0 saturated heterocycles. The van der Waals surface area contributed by atoms with Crippen molar-refractivity contribution in [1.82, 2.24) is 0 Å². The van der Waals surface area contributed by atoms with Gasteiger partial charge in [-0.1, -0.05) is 42.5 Å². The van der Waals surface area contributed by atoms with Crippen LogP contribution >= 0.6 is 0 Å². The van der Waals surface area contributed by atoms with E-state index in [1.54, 1.807) is 30.3 Å². The molecule has 4 heteroatoms. The van der Waals surface area contributed by atoms with Gasteiger partial charge in [0.05, 0.1) is 7.11 Å². The lowest BCUT2D eigenvalue weighted by Gasteiger charge is -2.15. The van der Waals surface area contributed by atoms with E-state index in [0.717, 1.165) is 7.11 Å². The first-order chi connectivity index (χ1) is 8.07. The Morgan fingerprint density at radius 1 is 1.12 bits per heavy atom. The molecule has 88 valence electrons. The van der Waals surface area contributed by atoms with Crippen LogP contribution < -0.4 is 0 Å². The molecule has 0 heterocycles. The van der Waals surface area contributed by atoms with E-state index in [2.05, 4.69) is 4.74 Å². The maximum atomic E-state index is 13.8.